The van der Waals surface area contributed by atoms with Gasteiger partial charge in [-0.15, -0.1) is 0 Å². The van der Waals surface area contributed by atoms with E-state index in [9.17, 15) is 4.79 Å². The summed E-state index contributed by atoms with van der Waals surface area (Å²) in [6.07, 6.45) is 10.1. The Morgan fingerprint density at radius 1 is 1.25 bits per heavy atom. The molecule has 1 saturated heterocycles. The van der Waals surface area contributed by atoms with Crippen molar-refractivity contribution in [2.75, 3.05) is 20.1 Å². The number of carbonyl (C=O) groups is 1. The standard InChI is InChI=1S/C18H25N5O/c1-21(15-17-19-8-5-9-20-17)16-7-13-23(14-16)18(24)6-4-12-22-10-2-3-11-22/h2-3,5,8-11,16H,4,6-7,12-15H2,1H3. The number of amides is 1. The molecule has 1 fully saturated rings. The highest BCUT2D eigenvalue weighted by atomic mass is 16.2. The van der Waals surface area contributed by atoms with Crippen LogP contribution in [0.4, 0.5) is 0 Å². The average molecular weight is 327 g/mol. The van der Waals surface area contributed by atoms with Crippen LogP contribution in [0.5, 0.6) is 0 Å². The molecule has 3 heterocycles. The van der Waals surface area contributed by atoms with E-state index in [1.54, 1.807) is 12.4 Å². The van der Waals surface area contributed by atoms with Gasteiger partial charge in [0.25, 0.3) is 0 Å². The van der Waals surface area contributed by atoms with E-state index in [1.807, 2.05) is 35.5 Å². The Hall–Kier alpha value is -2.21. The van der Waals surface area contributed by atoms with E-state index in [-0.39, 0.29) is 5.91 Å². The molecule has 24 heavy (non-hydrogen) atoms. The highest BCUT2D eigenvalue weighted by molar-refractivity contribution is 5.76. The van der Waals surface area contributed by atoms with Crippen LogP contribution in [0.15, 0.2) is 43.0 Å². The number of aryl methyl sites for hydroxylation is 1. The molecule has 2 aromatic rings. The van der Waals surface area contributed by atoms with Gasteiger partial charge in [0, 0.05) is 56.9 Å². The first kappa shape index (κ1) is 16.6. The molecular formula is C18H25N5O. The molecule has 0 aromatic carbocycles. The number of rotatable bonds is 7. The van der Waals surface area contributed by atoms with Crippen molar-refractivity contribution in [2.24, 2.45) is 0 Å². The van der Waals surface area contributed by atoms with Gasteiger partial charge in [-0.25, -0.2) is 9.97 Å². The molecule has 0 saturated carbocycles. The van der Waals surface area contributed by atoms with Crippen molar-refractivity contribution in [1.29, 1.82) is 0 Å². The second kappa shape index (κ2) is 8.06. The van der Waals surface area contributed by atoms with Crippen LogP contribution in [-0.4, -0.2) is 56.4 Å². The number of likely N-dealkylation sites (tertiary alicyclic amines) is 1. The van der Waals surface area contributed by atoms with Gasteiger partial charge in [0.05, 0.1) is 6.54 Å². The topological polar surface area (TPSA) is 54.3 Å². The van der Waals surface area contributed by atoms with E-state index in [1.165, 1.54) is 0 Å². The van der Waals surface area contributed by atoms with E-state index in [0.29, 0.717) is 12.5 Å². The van der Waals surface area contributed by atoms with Crippen molar-refractivity contribution in [3.05, 3.63) is 48.8 Å². The van der Waals surface area contributed by atoms with Crippen LogP contribution in [0, 0.1) is 0 Å². The molecular weight excluding hydrogens is 302 g/mol. The predicted molar refractivity (Wildman–Crippen MR) is 92.2 cm³/mol. The third kappa shape index (κ3) is 4.41. The molecule has 0 N–H and O–H groups in total. The highest BCUT2D eigenvalue weighted by Crippen LogP contribution is 2.17. The first-order valence-electron chi connectivity index (χ1n) is 8.57. The Bertz CT molecular complexity index is 628. The van der Waals surface area contributed by atoms with E-state index < -0.39 is 0 Å². The molecule has 128 valence electrons. The van der Waals surface area contributed by atoms with Gasteiger partial charge in [0.15, 0.2) is 0 Å². The minimum atomic E-state index is 0.272. The molecule has 0 bridgehead atoms. The first-order valence-corrected chi connectivity index (χ1v) is 8.57. The summed E-state index contributed by atoms with van der Waals surface area (Å²) < 4.78 is 2.12. The van der Waals surface area contributed by atoms with Crippen LogP contribution in [0.3, 0.4) is 0 Å². The zero-order valence-electron chi connectivity index (χ0n) is 14.2. The lowest BCUT2D eigenvalue weighted by atomic mass is 10.2. The van der Waals surface area contributed by atoms with Gasteiger partial charge in [-0.3, -0.25) is 9.69 Å². The van der Waals surface area contributed by atoms with Crippen LogP contribution in [0.1, 0.15) is 25.1 Å². The van der Waals surface area contributed by atoms with Crippen LogP contribution >= 0.6 is 0 Å². The number of hydrogen-bond donors (Lipinski definition) is 0. The summed E-state index contributed by atoms with van der Waals surface area (Å²) in [5.41, 5.74) is 0. The lowest BCUT2D eigenvalue weighted by Gasteiger charge is -2.24. The molecule has 1 amide bonds. The Morgan fingerprint density at radius 2 is 2.00 bits per heavy atom. The fourth-order valence-electron chi connectivity index (χ4n) is 3.18. The number of nitrogens with zero attached hydrogens (tertiary/aromatic N) is 5. The van der Waals surface area contributed by atoms with Gasteiger partial charge >= 0.3 is 0 Å². The van der Waals surface area contributed by atoms with Gasteiger partial charge in [-0.1, -0.05) is 0 Å². The number of likely N-dealkylation sites (N-methyl/N-ethyl adjacent to an activating group) is 1. The van der Waals surface area contributed by atoms with Crippen LogP contribution in [-0.2, 0) is 17.9 Å². The maximum atomic E-state index is 12.4. The molecule has 0 spiro atoms. The Labute approximate surface area is 143 Å². The summed E-state index contributed by atoms with van der Waals surface area (Å²) in [4.78, 5) is 25.2. The predicted octanol–water partition coefficient (Wildman–Crippen LogP) is 1.79. The lowest BCUT2D eigenvalue weighted by molar-refractivity contribution is -0.130. The third-order valence-electron chi connectivity index (χ3n) is 4.62. The summed E-state index contributed by atoms with van der Waals surface area (Å²) in [6, 6.07) is 6.24. The minimum Gasteiger partial charge on any atom is -0.354 e. The Morgan fingerprint density at radius 3 is 2.75 bits per heavy atom. The fourth-order valence-corrected chi connectivity index (χ4v) is 3.18. The summed E-state index contributed by atoms with van der Waals surface area (Å²) >= 11 is 0. The monoisotopic (exact) mass is 327 g/mol. The van der Waals surface area contributed by atoms with Gasteiger partial charge < -0.3 is 9.47 Å². The van der Waals surface area contributed by atoms with Gasteiger partial charge in [-0.2, -0.15) is 0 Å². The van der Waals surface area contributed by atoms with Crippen molar-refractivity contribution in [3.63, 3.8) is 0 Å². The average Bonchev–Trinajstić information content (AvgIpc) is 3.27. The second-order valence-electron chi connectivity index (χ2n) is 6.39. The number of hydrogen-bond acceptors (Lipinski definition) is 4. The molecule has 6 nitrogen and oxygen atoms in total. The van der Waals surface area contributed by atoms with Crippen molar-refractivity contribution in [3.8, 4) is 0 Å². The minimum absolute atomic E-state index is 0.272. The first-order chi connectivity index (χ1) is 11.7. The molecule has 1 atom stereocenters. The van der Waals surface area contributed by atoms with Crippen LogP contribution < -0.4 is 0 Å². The number of aromatic nitrogens is 3. The van der Waals surface area contributed by atoms with Crippen molar-refractivity contribution in [1.82, 2.24) is 24.3 Å². The van der Waals surface area contributed by atoms with E-state index in [2.05, 4.69) is 26.5 Å². The second-order valence-corrected chi connectivity index (χ2v) is 6.39. The molecule has 3 rings (SSSR count). The summed E-state index contributed by atoms with van der Waals surface area (Å²) in [5.74, 6) is 1.10. The van der Waals surface area contributed by atoms with Gasteiger partial charge in [0.1, 0.15) is 5.82 Å². The van der Waals surface area contributed by atoms with Crippen molar-refractivity contribution < 1.29 is 4.79 Å². The smallest absolute Gasteiger partial charge is 0.222 e. The van der Waals surface area contributed by atoms with Crippen LogP contribution in [0.25, 0.3) is 0 Å². The zero-order valence-corrected chi connectivity index (χ0v) is 14.2. The Balaban J connectivity index is 1.41. The SMILES string of the molecule is CN(Cc1ncccn1)C1CCN(C(=O)CCCn2cccc2)C1. The third-order valence-corrected chi connectivity index (χ3v) is 4.62. The largest absolute Gasteiger partial charge is 0.354 e. The molecule has 0 radical (unpaired) electrons. The number of carbonyl (C=O) groups excluding carboxylic acids is 1. The van der Waals surface area contributed by atoms with E-state index >= 15 is 0 Å². The zero-order chi connectivity index (χ0) is 16.8. The van der Waals surface area contributed by atoms with E-state index in [4.69, 9.17) is 0 Å². The normalized spacial score (nSPS) is 17.6. The maximum absolute atomic E-state index is 12.4. The summed E-state index contributed by atoms with van der Waals surface area (Å²) in [6.45, 7) is 3.29. The molecule has 2 aromatic heterocycles. The maximum Gasteiger partial charge on any atom is 0.222 e. The molecule has 0 aliphatic carbocycles. The van der Waals surface area contributed by atoms with E-state index in [0.717, 1.165) is 44.8 Å². The van der Waals surface area contributed by atoms with Crippen molar-refractivity contribution in [2.45, 2.75) is 38.4 Å². The fraction of sp³-hybridized carbons (Fsp3) is 0.500. The van der Waals surface area contributed by atoms with Crippen molar-refractivity contribution >= 4 is 5.91 Å². The lowest BCUT2D eigenvalue weighted by Crippen LogP contribution is -2.36. The molecule has 1 aliphatic rings. The molecule has 6 heteroatoms. The molecule has 1 aliphatic heterocycles. The van der Waals surface area contributed by atoms with Gasteiger partial charge in [0.2, 0.25) is 5.91 Å². The summed E-state index contributed by atoms with van der Waals surface area (Å²) in [5, 5.41) is 0. The molecule has 1 unspecified atom stereocenters. The van der Waals surface area contributed by atoms with Gasteiger partial charge in [-0.05, 0) is 38.1 Å². The Kier molecular flexibility index (Phi) is 5.59. The quantitative estimate of drug-likeness (QED) is 0.778. The highest BCUT2D eigenvalue weighted by Gasteiger charge is 2.28. The van der Waals surface area contributed by atoms with Crippen LogP contribution in [0.2, 0.25) is 0 Å². The summed E-state index contributed by atoms with van der Waals surface area (Å²) in [7, 11) is 2.08.